The zero-order valence-electron chi connectivity index (χ0n) is 34.9. The molecule has 0 radical (unpaired) electrons. The SMILES string of the molecule is CNc1cc(N2CCc3c(CN4CCC(N5CCC6(CCN(C(=O)c7ccc(Cl)c(N8CCC(=O)NC8=O)c7)C6)C5)C(F)(F)C4)cccc32)nn2c(C(=O)NCC3C[C@@H]3F)cnc12. The molecule has 4 saturated heterocycles. The van der Waals surface area contributed by atoms with Crippen molar-refractivity contribution in [2.75, 3.05) is 81.1 Å². The summed E-state index contributed by atoms with van der Waals surface area (Å²) in [7, 11) is 1.77. The quantitative estimate of drug-likeness (QED) is 0.196. The van der Waals surface area contributed by atoms with Gasteiger partial charge in [-0.1, -0.05) is 23.7 Å². The number of hydrogen-bond donors (Lipinski definition) is 3. The number of fused-ring (bicyclic) bond motifs is 2. The maximum absolute atomic E-state index is 16.3. The van der Waals surface area contributed by atoms with Crippen molar-refractivity contribution in [3.63, 3.8) is 0 Å². The molecule has 19 heteroatoms. The molecule has 4 atom stereocenters. The molecular formula is C44H49ClF3N11O4. The number of benzene rings is 2. The summed E-state index contributed by atoms with van der Waals surface area (Å²) in [6.07, 6.45) is 3.63. The average Bonchev–Trinajstić information content (AvgIpc) is 3.77. The molecule has 3 unspecified atom stereocenters. The largest absolute Gasteiger partial charge is 0.385 e. The summed E-state index contributed by atoms with van der Waals surface area (Å²) >= 11 is 6.43. The molecule has 0 bridgehead atoms. The summed E-state index contributed by atoms with van der Waals surface area (Å²) in [5.74, 6) is -3.45. The topological polar surface area (TPSA) is 151 Å². The highest BCUT2D eigenvalue weighted by molar-refractivity contribution is 6.34. The predicted octanol–water partition coefficient (Wildman–Crippen LogP) is 5.10. The summed E-state index contributed by atoms with van der Waals surface area (Å²) < 4.78 is 47.5. The predicted molar refractivity (Wildman–Crippen MR) is 230 cm³/mol. The van der Waals surface area contributed by atoms with Crippen LogP contribution in [0.25, 0.3) is 5.65 Å². The molecule has 63 heavy (non-hydrogen) atoms. The first-order valence-electron chi connectivity index (χ1n) is 21.7. The number of aromatic nitrogens is 3. The molecule has 7 heterocycles. The molecule has 5 amide bonds. The van der Waals surface area contributed by atoms with Gasteiger partial charge < -0.3 is 20.4 Å². The number of alkyl halides is 3. The number of urea groups is 1. The van der Waals surface area contributed by atoms with Gasteiger partial charge in [-0.05, 0) is 74.0 Å². The Morgan fingerprint density at radius 2 is 1.78 bits per heavy atom. The number of rotatable bonds is 10. The first-order valence-corrected chi connectivity index (χ1v) is 22.1. The molecule has 6 aliphatic rings. The van der Waals surface area contributed by atoms with Crippen LogP contribution in [0.4, 0.5) is 40.8 Å². The van der Waals surface area contributed by atoms with Gasteiger partial charge in [0.1, 0.15) is 6.17 Å². The number of carbonyl (C=O) groups excluding carboxylic acids is 4. The number of carbonyl (C=O) groups is 4. The maximum atomic E-state index is 16.3. The highest BCUT2D eigenvalue weighted by Crippen LogP contribution is 2.45. The van der Waals surface area contributed by atoms with Gasteiger partial charge >= 0.3 is 6.03 Å². The van der Waals surface area contributed by atoms with E-state index in [2.05, 4.69) is 25.8 Å². The molecule has 5 fully saturated rings. The molecule has 5 aliphatic heterocycles. The van der Waals surface area contributed by atoms with E-state index in [1.807, 2.05) is 34.1 Å². The lowest BCUT2D eigenvalue weighted by Gasteiger charge is -2.43. The first-order chi connectivity index (χ1) is 30.3. The lowest BCUT2D eigenvalue weighted by molar-refractivity contribution is -0.126. The van der Waals surface area contributed by atoms with Crippen LogP contribution in [0, 0.1) is 11.3 Å². The normalized spacial score (nSPS) is 25.9. The second kappa shape index (κ2) is 16.0. The van der Waals surface area contributed by atoms with Crippen LogP contribution in [0.15, 0.2) is 48.7 Å². The zero-order chi connectivity index (χ0) is 43.8. The highest BCUT2D eigenvalue weighted by atomic mass is 35.5. The number of imidazole rings is 1. The van der Waals surface area contributed by atoms with E-state index in [-0.39, 0.29) is 65.8 Å². The number of halogens is 4. The molecule has 10 rings (SSSR count). The number of anilines is 4. The third-order valence-corrected chi connectivity index (χ3v) is 14.2. The molecule has 3 N–H and O–H groups in total. The maximum Gasteiger partial charge on any atom is 0.328 e. The Morgan fingerprint density at radius 1 is 0.968 bits per heavy atom. The van der Waals surface area contributed by atoms with Crippen molar-refractivity contribution in [1.29, 1.82) is 0 Å². The van der Waals surface area contributed by atoms with Crippen LogP contribution in [0.5, 0.6) is 0 Å². The minimum absolute atomic E-state index is 0.123. The van der Waals surface area contributed by atoms with Crippen LogP contribution in [0.2, 0.25) is 5.02 Å². The number of imide groups is 1. The number of hydrogen-bond acceptors (Lipinski definition) is 10. The average molecular weight is 888 g/mol. The van der Waals surface area contributed by atoms with E-state index < -0.39 is 24.2 Å². The Bertz CT molecular complexity index is 2520. The molecule has 2 aromatic carbocycles. The summed E-state index contributed by atoms with van der Waals surface area (Å²) in [6.45, 7) is 3.56. The fourth-order valence-electron chi connectivity index (χ4n) is 10.4. The van der Waals surface area contributed by atoms with Gasteiger partial charge in [-0.2, -0.15) is 0 Å². The van der Waals surface area contributed by atoms with Gasteiger partial charge in [0.15, 0.2) is 17.2 Å². The van der Waals surface area contributed by atoms with Crippen LogP contribution >= 0.6 is 11.6 Å². The van der Waals surface area contributed by atoms with Gasteiger partial charge in [0.2, 0.25) is 5.91 Å². The fraction of sp³-hybridized carbons (Fsp3) is 0.500. The van der Waals surface area contributed by atoms with Gasteiger partial charge in [-0.3, -0.25) is 34.4 Å². The van der Waals surface area contributed by atoms with Crippen molar-refractivity contribution in [2.45, 2.75) is 63.2 Å². The Hall–Kier alpha value is -5.46. The fourth-order valence-corrected chi connectivity index (χ4v) is 10.6. The Labute approximate surface area is 366 Å². The second-order valence-electron chi connectivity index (χ2n) is 18.0. The van der Waals surface area contributed by atoms with E-state index in [4.69, 9.17) is 16.7 Å². The Morgan fingerprint density at radius 3 is 2.56 bits per heavy atom. The van der Waals surface area contributed by atoms with Crippen molar-refractivity contribution in [1.82, 2.24) is 39.9 Å². The van der Waals surface area contributed by atoms with Gasteiger partial charge in [0.25, 0.3) is 17.7 Å². The minimum Gasteiger partial charge on any atom is -0.385 e. The lowest BCUT2D eigenvalue weighted by Crippen LogP contribution is -2.58. The van der Waals surface area contributed by atoms with Crippen molar-refractivity contribution >= 4 is 63.9 Å². The Balaban J connectivity index is 0.780. The zero-order valence-corrected chi connectivity index (χ0v) is 35.6. The van der Waals surface area contributed by atoms with E-state index in [1.54, 1.807) is 30.1 Å². The van der Waals surface area contributed by atoms with Crippen molar-refractivity contribution < 1.29 is 32.3 Å². The van der Waals surface area contributed by atoms with Crippen molar-refractivity contribution in [2.24, 2.45) is 11.3 Å². The number of likely N-dealkylation sites (tertiary alicyclic amines) is 3. The number of nitrogens with one attached hydrogen (secondary N) is 3. The van der Waals surface area contributed by atoms with Crippen LogP contribution in [-0.2, 0) is 17.8 Å². The third-order valence-electron chi connectivity index (χ3n) is 13.9. The molecule has 4 aromatic rings. The van der Waals surface area contributed by atoms with E-state index in [1.165, 1.54) is 15.6 Å². The molecular weight excluding hydrogens is 839 g/mol. The lowest BCUT2D eigenvalue weighted by atomic mass is 9.86. The molecule has 15 nitrogen and oxygen atoms in total. The summed E-state index contributed by atoms with van der Waals surface area (Å²) in [5, 5.41) is 13.4. The highest BCUT2D eigenvalue weighted by Gasteiger charge is 2.53. The van der Waals surface area contributed by atoms with Gasteiger partial charge in [-0.15, -0.1) is 5.10 Å². The van der Waals surface area contributed by atoms with E-state index in [0.717, 1.165) is 23.2 Å². The number of nitrogens with zero attached hydrogens (tertiary/aromatic N) is 8. The van der Waals surface area contributed by atoms with E-state index in [9.17, 15) is 23.6 Å². The van der Waals surface area contributed by atoms with Crippen LogP contribution in [0.1, 0.15) is 64.1 Å². The number of amides is 5. The van der Waals surface area contributed by atoms with Crippen molar-refractivity contribution in [3.05, 3.63) is 76.1 Å². The number of piperidine rings is 1. The van der Waals surface area contributed by atoms with Crippen LogP contribution in [-0.4, -0.2) is 137 Å². The Kier molecular flexibility index (Phi) is 10.5. The third kappa shape index (κ3) is 7.73. The summed E-state index contributed by atoms with van der Waals surface area (Å²) in [5.41, 5.74) is 4.87. The van der Waals surface area contributed by atoms with E-state index in [0.29, 0.717) is 99.9 Å². The molecule has 2 aromatic heterocycles. The smallest absolute Gasteiger partial charge is 0.328 e. The summed E-state index contributed by atoms with van der Waals surface area (Å²) in [6, 6.07) is 11.1. The first kappa shape index (κ1) is 41.5. The van der Waals surface area contributed by atoms with Gasteiger partial charge in [0, 0.05) is 94.5 Å². The monoisotopic (exact) mass is 887 g/mol. The summed E-state index contributed by atoms with van der Waals surface area (Å²) in [4.78, 5) is 64.6. The minimum atomic E-state index is -2.95. The molecule has 1 aliphatic carbocycles. The molecule has 1 spiro atoms. The standard InChI is InChI=1S/C44H49ClF3N11O4/c1-49-32-19-37(53-59-35(21-50-39(32)59)40(61)51-20-28-17-31(28)46)57-13-7-29-27(3-2-4-33(29)57)22-54-12-8-36(44(47,48)25-54)55-15-10-43(23-55)11-16-56(24-43)41(62)26-5-6-30(45)34(18-26)58-14-9-38(60)52-42(58)63/h2-6,18-19,21,28,31,36,49H,7-17,20,22-25H2,1H3,(H,51,61)(H,52,60,63)/t28?,31-,36?,43?/m0/s1. The molecule has 1 saturated carbocycles. The second-order valence-corrected chi connectivity index (χ2v) is 18.4. The van der Waals surface area contributed by atoms with Gasteiger partial charge in [-0.25, -0.2) is 27.5 Å². The molecule has 332 valence electrons. The van der Waals surface area contributed by atoms with Crippen LogP contribution < -0.4 is 25.8 Å². The van der Waals surface area contributed by atoms with E-state index >= 15 is 8.78 Å². The van der Waals surface area contributed by atoms with Crippen LogP contribution in [0.3, 0.4) is 0 Å². The van der Waals surface area contributed by atoms with Gasteiger partial charge in [0.05, 0.1) is 35.2 Å². The van der Waals surface area contributed by atoms with Crippen molar-refractivity contribution in [3.8, 4) is 0 Å².